The van der Waals surface area contributed by atoms with Crippen LogP contribution in [0.2, 0.25) is 0 Å². The molecule has 0 bridgehead atoms. The summed E-state index contributed by atoms with van der Waals surface area (Å²) < 4.78 is 13.5. The largest absolute Gasteiger partial charge is 0.328 e. The second kappa shape index (κ2) is 8.46. The summed E-state index contributed by atoms with van der Waals surface area (Å²) in [5, 5.41) is 2.75. The van der Waals surface area contributed by atoms with E-state index in [2.05, 4.69) is 10.2 Å². The molecule has 4 nitrogen and oxygen atoms in total. The van der Waals surface area contributed by atoms with Crippen molar-refractivity contribution in [1.29, 1.82) is 0 Å². The van der Waals surface area contributed by atoms with Crippen molar-refractivity contribution in [3.8, 4) is 0 Å². The van der Waals surface area contributed by atoms with E-state index in [4.69, 9.17) is 5.73 Å². The molecule has 2 atom stereocenters. The molecule has 0 radical (unpaired) electrons. The number of piperidine rings is 1. The van der Waals surface area contributed by atoms with E-state index in [-0.39, 0.29) is 30.2 Å². The molecule has 1 amide bonds. The summed E-state index contributed by atoms with van der Waals surface area (Å²) in [5.41, 5.74) is 7.02. The molecule has 0 aliphatic carbocycles. The Bertz CT molecular complexity index is 510. The molecular formula is C16H25ClFN3O. The standard InChI is InChI=1S/C16H24FN3O.ClH/c1-11-5-6-14(8-15(11)17)19-16(21)10-20-7-3-4-13(9-20)12(2)18;/h5-6,8,12-13H,3-4,7,9-10,18H2,1-2H3,(H,19,21);1H. The first-order valence-corrected chi connectivity index (χ1v) is 7.49. The third-order valence-electron chi connectivity index (χ3n) is 4.11. The van der Waals surface area contributed by atoms with E-state index >= 15 is 0 Å². The maximum absolute atomic E-state index is 13.5. The average Bonchev–Trinajstić information content (AvgIpc) is 2.43. The molecule has 1 saturated heterocycles. The molecule has 0 saturated carbocycles. The Hall–Kier alpha value is -1.17. The van der Waals surface area contributed by atoms with Gasteiger partial charge in [-0.05, 0) is 56.8 Å². The van der Waals surface area contributed by atoms with Crippen molar-refractivity contribution in [2.75, 3.05) is 25.0 Å². The molecular weight excluding hydrogens is 305 g/mol. The summed E-state index contributed by atoms with van der Waals surface area (Å²) in [6.07, 6.45) is 2.19. The minimum atomic E-state index is -0.303. The third kappa shape index (κ3) is 5.23. The lowest BCUT2D eigenvalue weighted by molar-refractivity contribution is -0.117. The van der Waals surface area contributed by atoms with Gasteiger partial charge in [0.1, 0.15) is 5.82 Å². The Morgan fingerprint density at radius 2 is 2.27 bits per heavy atom. The van der Waals surface area contributed by atoms with E-state index in [1.165, 1.54) is 6.07 Å². The molecule has 1 fully saturated rings. The molecule has 1 aliphatic rings. The first-order chi connectivity index (χ1) is 9.95. The highest BCUT2D eigenvalue weighted by Gasteiger charge is 2.23. The maximum Gasteiger partial charge on any atom is 0.238 e. The zero-order valence-electron chi connectivity index (χ0n) is 13.1. The highest BCUT2D eigenvalue weighted by Crippen LogP contribution is 2.19. The highest BCUT2D eigenvalue weighted by molar-refractivity contribution is 5.92. The number of anilines is 1. The molecule has 2 rings (SSSR count). The Labute approximate surface area is 137 Å². The Kier molecular flexibility index (Phi) is 7.26. The summed E-state index contributed by atoms with van der Waals surface area (Å²) in [5.74, 6) is 0.0368. The summed E-state index contributed by atoms with van der Waals surface area (Å²) >= 11 is 0. The summed E-state index contributed by atoms with van der Waals surface area (Å²) in [6, 6.07) is 4.89. The van der Waals surface area contributed by atoms with Gasteiger partial charge in [-0.2, -0.15) is 0 Å². The van der Waals surface area contributed by atoms with Crippen molar-refractivity contribution in [2.24, 2.45) is 11.7 Å². The van der Waals surface area contributed by atoms with E-state index in [0.29, 0.717) is 23.7 Å². The van der Waals surface area contributed by atoms with Crippen molar-refractivity contribution >= 4 is 24.0 Å². The van der Waals surface area contributed by atoms with Crippen molar-refractivity contribution in [3.63, 3.8) is 0 Å². The maximum atomic E-state index is 13.5. The monoisotopic (exact) mass is 329 g/mol. The smallest absolute Gasteiger partial charge is 0.238 e. The van der Waals surface area contributed by atoms with Crippen LogP contribution in [0.5, 0.6) is 0 Å². The second-order valence-corrected chi connectivity index (χ2v) is 6.01. The SMILES string of the molecule is Cc1ccc(NC(=O)CN2CCCC(C(C)N)C2)cc1F.Cl. The molecule has 3 N–H and O–H groups in total. The van der Waals surface area contributed by atoms with E-state index in [1.54, 1.807) is 19.1 Å². The van der Waals surface area contributed by atoms with Gasteiger partial charge in [0, 0.05) is 18.3 Å². The van der Waals surface area contributed by atoms with Crippen molar-refractivity contribution in [2.45, 2.75) is 32.7 Å². The average molecular weight is 330 g/mol. The lowest BCUT2D eigenvalue weighted by Gasteiger charge is -2.34. The van der Waals surface area contributed by atoms with Crippen LogP contribution in [0.3, 0.4) is 0 Å². The van der Waals surface area contributed by atoms with Gasteiger partial charge in [-0.1, -0.05) is 6.07 Å². The molecule has 1 aromatic rings. The molecule has 124 valence electrons. The number of carbonyl (C=O) groups is 1. The number of aryl methyl sites for hydroxylation is 1. The summed E-state index contributed by atoms with van der Waals surface area (Å²) in [7, 11) is 0. The summed E-state index contributed by atoms with van der Waals surface area (Å²) in [6.45, 7) is 5.82. The molecule has 1 aromatic carbocycles. The molecule has 1 heterocycles. The van der Waals surface area contributed by atoms with Crippen LogP contribution < -0.4 is 11.1 Å². The van der Waals surface area contributed by atoms with Gasteiger partial charge in [0.2, 0.25) is 5.91 Å². The fourth-order valence-electron chi connectivity index (χ4n) is 2.74. The van der Waals surface area contributed by atoms with Gasteiger partial charge < -0.3 is 11.1 Å². The number of benzene rings is 1. The Balaban J connectivity index is 0.00000242. The predicted molar refractivity (Wildman–Crippen MR) is 89.8 cm³/mol. The molecule has 22 heavy (non-hydrogen) atoms. The highest BCUT2D eigenvalue weighted by atomic mass is 35.5. The van der Waals surface area contributed by atoms with Crippen LogP contribution in [0, 0.1) is 18.7 Å². The van der Waals surface area contributed by atoms with Gasteiger partial charge in [0.25, 0.3) is 0 Å². The first-order valence-electron chi connectivity index (χ1n) is 7.49. The lowest BCUT2D eigenvalue weighted by Crippen LogP contribution is -2.45. The van der Waals surface area contributed by atoms with E-state index in [9.17, 15) is 9.18 Å². The van der Waals surface area contributed by atoms with Gasteiger partial charge in [0.15, 0.2) is 0 Å². The van der Waals surface area contributed by atoms with Gasteiger partial charge in [0.05, 0.1) is 6.54 Å². The quantitative estimate of drug-likeness (QED) is 0.892. The van der Waals surface area contributed by atoms with Gasteiger partial charge in [-0.25, -0.2) is 4.39 Å². The number of carbonyl (C=O) groups excluding carboxylic acids is 1. The number of nitrogens with two attached hydrogens (primary N) is 1. The Morgan fingerprint density at radius 1 is 1.55 bits per heavy atom. The van der Waals surface area contributed by atoms with Crippen molar-refractivity contribution in [3.05, 3.63) is 29.6 Å². The van der Waals surface area contributed by atoms with Crippen molar-refractivity contribution in [1.82, 2.24) is 4.90 Å². The zero-order valence-corrected chi connectivity index (χ0v) is 14.0. The minimum absolute atomic E-state index is 0. The number of nitrogens with zero attached hydrogens (tertiary/aromatic N) is 1. The third-order valence-corrected chi connectivity index (χ3v) is 4.11. The van der Waals surface area contributed by atoms with E-state index in [1.807, 2.05) is 6.92 Å². The van der Waals surface area contributed by atoms with Gasteiger partial charge in [-0.3, -0.25) is 9.69 Å². The lowest BCUT2D eigenvalue weighted by atomic mass is 9.92. The van der Waals surface area contributed by atoms with Crippen LogP contribution in [-0.4, -0.2) is 36.5 Å². The molecule has 2 unspecified atom stereocenters. The first kappa shape index (κ1) is 18.9. The van der Waals surface area contributed by atoms with Crippen LogP contribution in [0.1, 0.15) is 25.3 Å². The normalized spacial score (nSPS) is 20.1. The topological polar surface area (TPSA) is 58.4 Å². The molecule has 0 spiro atoms. The van der Waals surface area contributed by atoms with Gasteiger partial charge >= 0.3 is 0 Å². The molecule has 0 aromatic heterocycles. The number of amides is 1. The molecule has 1 aliphatic heterocycles. The number of hydrogen-bond acceptors (Lipinski definition) is 3. The van der Waals surface area contributed by atoms with E-state index in [0.717, 1.165) is 25.9 Å². The van der Waals surface area contributed by atoms with Crippen LogP contribution in [-0.2, 0) is 4.79 Å². The predicted octanol–water partition coefficient (Wildman–Crippen LogP) is 2.55. The van der Waals surface area contributed by atoms with Crippen molar-refractivity contribution < 1.29 is 9.18 Å². The molecule has 6 heteroatoms. The fraction of sp³-hybridized carbons (Fsp3) is 0.562. The number of hydrogen-bond donors (Lipinski definition) is 2. The number of halogens is 2. The van der Waals surface area contributed by atoms with Gasteiger partial charge in [-0.15, -0.1) is 12.4 Å². The number of likely N-dealkylation sites (tertiary alicyclic amines) is 1. The zero-order chi connectivity index (χ0) is 15.4. The summed E-state index contributed by atoms with van der Waals surface area (Å²) in [4.78, 5) is 14.2. The van der Waals surface area contributed by atoms with Crippen LogP contribution in [0.25, 0.3) is 0 Å². The van der Waals surface area contributed by atoms with Crippen LogP contribution in [0.4, 0.5) is 10.1 Å². The minimum Gasteiger partial charge on any atom is -0.328 e. The Morgan fingerprint density at radius 3 is 2.91 bits per heavy atom. The van der Waals surface area contributed by atoms with Crippen LogP contribution in [0.15, 0.2) is 18.2 Å². The van der Waals surface area contributed by atoms with E-state index < -0.39 is 0 Å². The fourth-order valence-corrected chi connectivity index (χ4v) is 2.74. The second-order valence-electron chi connectivity index (χ2n) is 6.01. The van der Waals surface area contributed by atoms with Crippen LogP contribution >= 0.6 is 12.4 Å². The number of nitrogens with one attached hydrogen (secondary N) is 1. The number of rotatable bonds is 4.